The largest absolute Gasteiger partial charge is 0.489 e. The molecular weight excluding hydrogens is 875 g/mol. The number of nitrogens with one attached hydrogen (secondary N) is 1. The molecule has 0 bridgehead atoms. The molecule has 0 spiro atoms. The number of para-hydroxylation sites is 1. The zero-order chi connectivity index (χ0) is 47.5. The molecule has 1 aromatic heterocycles. The zero-order valence-electron chi connectivity index (χ0n) is 38.9. The Balaban J connectivity index is 1.16. The molecule has 9 nitrogen and oxygen atoms in total. The van der Waals surface area contributed by atoms with Gasteiger partial charge in [0.05, 0.1) is 26.1 Å². The minimum absolute atomic E-state index is 0.0159. The number of hydrogen-bond acceptors (Lipinski definition) is 8. The number of rotatable bonds is 19. The van der Waals surface area contributed by atoms with E-state index in [2.05, 4.69) is 4.98 Å². The van der Waals surface area contributed by atoms with E-state index in [-0.39, 0.29) is 25.6 Å². The van der Waals surface area contributed by atoms with E-state index in [9.17, 15) is 4.79 Å². The lowest BCUT2D eigenvalue weighted by Gasteiger charge is -2.41. The van der Waals surface area contributed by atoms with Gasteiger partial charge in [-0.1, -0.05) is 176 Å². The van der Waals surface area contributed by atoms with Gasteiger partial charge in [0.15, 0.2) is 17.6 Å². The van der Waals surface area contributed by atoms with Crippen LogP contribution in [0.2, 0.25) is 0 Å². The molecule has 350 valence electrons. The number of benzene rings is 8. The summed E-state index contributed by atoms with van der Waals surface area (Å²) in [6.07, 6.45) is -1.44. The number of methoxy groups -OCH3 is 1. The van der Waals surface area contributed by atoms with Crippen molar-refractivity contribution < 1.29 is 38.0 Å². The van der Waals surface area contributed by atoms with Crippen molar-refractivity contribution in [3.8, 4) is 28.7 Å². The molecule has 0 saturated carbocycles. The zero-order valence-corrected chi connectivity index (χ0v) is 38.9. The fourth-order valence-electron chi connectivity index (χ4n) is 9.02. The molecule has 9 heteroatoms. The van der Waals surface area contributed by atoms with E-state index in [1.54, 1.807) is 0 Å². The Hall–Kier alpha value is -8.27. The smallest absolute Gasteiger partial charge is 0.310 e. The lowest BCUT2D eigenvalue weighted by molar-refractivity contribution is -0.139. The Bertz CT molecular complexity index is 3130. The molecule has 10 rings (SSSR count). The van der Waals surface area contributed by atoms with Crippen LogP contribution in [0.25, 0.3) is 10.9 Å². The molecule has 0 saturated heterocycles. The topological polar surface area (TPSA) is 97.5 Å². The SMILES string of the molecule is COC(=O)Cc1c([C@@H]2c3c(OCc4ccccc4)cc(OCc4ccccc4)cc3O[C@H](c3ccc(OCc4ccccc4)c(OCc4ccccc4)c3)[C@H]2OCc2ccccc2)[nH]c2ccccc12. The normalized spacial score (nSPS) is 15.1. The summed E-state index contributed by atoms with van der Waals surface area (Å²) >= 11 is 0. The highest BCUT2D eigenvalue weighted by atomic mass is 16.6. The molecular formula is C61H53NO8. The van der Waals surface area contributed by atoms with Gasteiger partial charge < -0.3 is 38.1 Å². The summed E-state index contributed by atoms with van der Waals surface area (Å²) in [5, 5.41) is 0.903. The molecule has 0 aliphatic carbocycles. The number of carbonyl (C=O) groups excluding carboxylic acids is 1. The van der Waals surface area contributed by atoms with Gasteiger partial charge >= 0.3 is 5.97 Å². The third-order valence-electron chi connectivity index (χ3n) is 12.5. The maximum atomic E-state index is 13.5. The van der Waals surface area contributed by atoms with E-state index in [0.29, 0.717) is 48.6 Å². The highest BCUT2D eigenvalue weighted by Crippen LogP contribution is 2.54. The maximum Gasteiger partial charge on any atom is 0.310 e. The summed E-state index contributed by atoms with van der Waals surface area (Å²) < 4.78 is 46.7. The molecule has 9 aromatic rings. The highest BCUT2D eigenvalue weighted by Gasteiger charge is 2.46. The fraction of sp³-hybridized carbons (Fsp3) is 0.164. The predicted octanol–water partition coefficient (Wildman–Crippen LogP) is 13.1. The Morgan fingerprint density at radius 3 is 1.59 bits per heavy atom. The molecule has 1 aliphatic rings. The van der Waals surface area contributed by atoms with Gasteiger partial charge in [-0.2, -0.15) is 0 Å². The Morgan fingerprint density at radius 1 is 0.514 bits per heavy atom. The van der Waals surface area contributed by atoms with Crippen LogP contribution in [-0.4, -0.2) is 24.2 Å². The van der Waals surface area contributed by atoms with Gasteiger partial charge in [0.2, 0.25) is 0 Å². The molecule has 0 unspecified atom stereocenters. The van der Waals surface area contributed by atoms with Crippen LogP contribution < -0.4 is 23.7 Å². The monoisotopic (exact) mass is 927 g/mol. The third-order valence-corrected chi connectivity index (χ3v) is 12.5. The number of aromatic amines is 1. The molecule has 0 amide bonds. The summed E-state index contributed by atoms with van der Waals surface area (Å²) in [6, 6.07) is 68.2. The molecule has 0 fully saturated rings. The van der Waals surface area contributed by atoms with Crippen molar-refractivity contribution in [3.05, 3.63) is 256 Å². The summed E-state index contributed by atoms with van der Waals surface area (Å²) in [7, 11) is 1.42. The molecule has 70 heavy (non-hydrogen) atoms. The molecule has 0 radical (unpaired) electrons. The van der Waals surface area contributed by atoms with E-state index < -0.39 is 18.1 Å². The predicted molar refractivity (Wildman–Crippen MR) is 270 cm³/mol. The minimum Gasteiger partial charge on any atom is -0.489 e. The van der Waals surface area contributed by atoms with Crippen molar-refractivity contribution in [1.82, 2.24) is 4.98 Å². The second kappa shape index (κ2) is 21.8. The number of carbonyl (C=O) groups is 1. The van der Waals surface area contributed by atoms with Crippen LogP contribution in [0.15, 0.2) is 206 Å². The number of ether oxygens (including phenoxy) is 7. The molecule has 1 aliphatic heterocycles. The Labute approximate surface area is 408 Å². The Kier molecular flexibility index (Phi) is 14.2. The van der Waals surface area contributed by atoms with Gasteiger partial charge in [-0.15, -0.1) is 0 Å². The first-order chi connectivity index (χ1) is 34.6. The molecule has 3 atom stereocenters. The number of esters is 1. The number of aromatic nitrogens is 1. The van der Waals surface area contributed by atoms with Crippen LogP contribution in [0.5, 0.6) is 28.7 Å². The van der Waals surface area contributed by atoms with Crippen LogP contribution in [0.4, 0.5) is 0 Å². The van der Waals surface area contributed by atoms with Gasteiger partial charge in [0, 0.05) is 34.3 Å². The fourth-order valence-corrected chi connectivity index (χ4v) is 9.02. The number of hydrogen-bond donors (Lipinski definition) is 1. The van der Waals surface area contributed by atoms with E-state index in [0.717, 1.165) is 61.1 Å². The maximum absolute atomic E-state index is 13.5. The second-order valence-corrected chi connectivity index (χ2v) is 17.2. The van der Waals surface area contributed by atoms with Gasteiger partial charge in [-0.25, -0.2) is 0 Å². The third kappa shape index (κ3) is 10.7. The van der Waals surface area contributed by atoms with Crippen molar-refractivity contribution in [2.75, 3.05) is 7.11 Å². The van der Waals surface area contributed by atoms with Crippen molar-refractivity contribution in [2.45, 2.75) is 57.6 Å². The first-order valence-corrected chi connectivity index (χ1v) is 23.5. The van der Waals surface area contributed by atoms with Crippen LogP contribution >= 0.6 is 0 Å². The summed E-state index contributed by atoms with van der Waals surface area (Å²) in [5.74, 6) is 1.84. The van der Waals surface area contributed by atoms with Crippen molar-refractivity contribution in [2.24, 2.45) is 0 Å². The molecule has 2 heterocycles. The Morgan fingerprint density at radius 2 is 1.01 bits per heavy atom. The number of fused-ring (bicyclic) bond motifs is 2. The van der Waals surface area contributed by atoms with Crippen LogP contribution in [0.1, 0.15) is 62.2 Å². The lowest BCUT2D eigenvalue weighted by atomic mass is 9.80. The van der Waals surface area contributed by atoms with Gasteiger partial charge in [-0.05, 0) is 57.1 Å². The van der Waals surface area contributed by atoms with Crippen LogP contribution in [0, 0.1) is 0 Å². The van der Waals surface area contributed by atoms with E-state index >= 15 is 0 Å². The molecule has 8 aromatic carbocycles. The average molecular weight is 928 g/mol. The summed E-state index contributed by atoms with van der Waals surface area (Å²) in [5.41, 5.74) is 9.01. The quantitative estimate of drug-likeness (QED) is 0.0801. The van der Waals surface area contributed by atoms with Gasteiger partial charge in [-0.3, -0.25) is 4.79 Å². The first-order valence-electron chi connectivity index (χ1n) is 23.5. The van der Waals surface area contributed by atoms with E-state index in [4.69, 9.17) is 33.2 Å². The van der Waals surface area contributed by atoms with Gasteiger partial charge in [0.1, 0.15) is 49.8 Å². The van der Waals surface area contributed by atoms with Crippen molar-refractivity contribution >= 4 is 16.9 Å². The standard InChI is InChI=1S/C61H53NO8/c1-64-56(63)36-50-49-29-17-18-30-51(49)62-59(50)58-57-54(68-40-45-25-13-5-14-26-45)34-48(65-37-42-19-7-2-8-20-42)35-55(57)70-60(61(58)69-41-46-27-15-6-16-28-46)47-31-32-52(66-38-43-21-9-3-10-22-43)53(33-47)67-39-44-23-11-4-12-24-44/h2-35,58,60-62H,36-41H2,1H3/t58-,60+,61-/m0/s1. The first kappa shape index (κ1) is 45.5. The second-order valence-electron chi connectivity index (χ2n) is 17.2. The summed E-state index contributed by atoms with van der Waals surface area (Å²) in [4.78, 5) is 17.2. The van der Waals surface area contributed by atoms with Crippen LogP contribution in [0.3, 0.4) is 0 Å². The van der Waals surface area contributed by atoms with Crippen LogP contribution in [-0.2, 0) is 53.7 Å². The van der Waals surface area contributed by atoms with Crippen molar-refractivity contribution in [3.63, 3.8) is 0 Å². The van der Waals surface area contributed by atoms with E-state index in [1.807, 2.05) is 206 Å². The highest BCUT2D eigenvalue weighted by molar-refractivity contribution is 5.89. The minimum atomic E-state index is -0.743. The van der Waals surface area contributed by atoms with E-state index in [1.165, 1.54) is 7.11 Å². The van der Waals surface area contributed by atoms with Crippen molar-refractivity contribution in [1.29, 1.82) is 0 Å². The average Bonchev–Trinajstić information content (AvgIpc) is 3.78. The molecule has 1 N–H and O–H groups in total. The number of H-pyrrole nitrogens is 1. The summed E-state index contributed by atoms with van der Waals surface area (Å²) in [6.45, 7) is 1.52. The lowest BCUT2D eigenvalue weighted by Crippen LogP contribution is -2.38. The van der Waals surface area contributed by atoms with Gasteiger partial charge in [0.25, 0.3) is 0 Å².